The normalized spacial score (nSPS) is 10.8. The maximum absolute atomic E-state index is 12.1. The zero-order valence-electron chi connectivity index (χ0n) is 17.1. The molecule has 1 aromatic heterocycles. The highest BCUT2D eigenvalue weighted by atomic mass is 16.5. The molecular weight excluding hydrogens is 362 g/mol. The van der Waals surface area contributed by atoms with Crippen LogP contribution in [-0.2, 0) is 24.2 Å². The van der Waals surface area contributed by atoms with E-state index in [2.05, 4.69) is 28.6 Å². The zero-order chi connectivity index (χ0) is 20.5. The molecule has 0 aliphatic carbocycles. The number of fused-ring (bicyclic) bond motifs is 1. The summed E-state index contributed by atoms with van der Waals surface area (Å²) in [5, 5.41) is 3.01. The van der Waals surface area contributed by atoms with Gasteiger partial charge in [0, 0.05) is 19.5 Å². The summed E-state index contributed by atoms with van der Waals surface area (Å²) in [4.78, 5) is 16.8. The molecule has 3 aromatic rings. The van der Waals surface area contributed by atoms with Crippen molar-refractivity contribution < 1.29 is 9.53 Å². The van der Waals surface area contributed by atoms with E-state index in [0.29, 0.717) is 13.0 Å². The maximum atomic E-state index is 12.1. The number of nitrogens with one attached hydrogen (secondary N) is 1. The summed E-state index contributed by atoms with van der Waals surface area (Å²) < 4.78 is 7.37. The molecule has 0 fully saturated rings. The number of hydrogen-bond acceptors (Lipinski definition) is 3. The topological polar surface area (TPSA) is 56.2 Å². The van der Waals surface area contributed by atoms with E-state index in [1.54, 1.807) is 7.11 Å². The molecule has 0 atom stereocenters. The molecule has 0 bridgehead atoms. The number of aryl methyl sites for hydroxylation is 1. The predicted octanol–water partition coefficient (Wildman–Crippen LogP) is 4.30. The number of hydrogen-bond donors (Lipinski definition) is 1. The molecule has 5 nitrogen and oxygen atoms in total. The fourth-order valence-corrected chi connectivity index (χ4v) is 3.45. The first-order valence-electron chi connectivity index (χ1n) is 10.2. The summed E-state index contributed by atoms with van der Waals surface area (Å²) in [6.07, 6.45) is 6.32. The summed E-state index contributed by atoms with van der Waals surface area (Å²) in [7, 11) is 1.64. The van der Waals surface area contributed by atoms with E-state index in [0.717, 1.165) is 60.4 Å². The average Bonchev–Trinajstić information content (AvgIpc) is 3.09. The fraction of sp³-hybridized carbons (Fsp3) is 0.333. The Morgan fingerprint density at radius 1 is 1.14 bits per heavy atom. The molecular formula is C24H29N3O2. The third kappa shape index (κ3) is 5.70. The number of rotatable bonds is 11. The highest BCUT2D eigenvalue weighted by Crippen LogP contribution is 2.18. The van der Waals surface area contributed by atoms with Crippen LogP contribution in [0.4, 0.5) is 0 Å². The summed E-state index contributed by atoms with van der Waals surface area (Å²) in [5.41, 5.74) is 3.19. The number of allylic oxidation sites excluding steroid dienone is 1. The third-order valence-electron chi connectivity index (χ3n) is 4.97. The third-order valence-corrected chi connectivity index (χ3v) is 4.97. The molecule has 0 aliphatic heterocycles. The number of nitrogens with zero attached hydrogens (tertiary/aromatic N) is 2. The molecule has 0 aliphatic rings. The summed E-state index contributed by atoms with van der Waals surface area (Å²) in [6, 6.07) is 15.8. The smallest absolute Gasteiger partial charge is 0.224 e. The second-order valence-corrected chi connectivity index (χ2v) is 7.10. The SMILES string of the molecule is C=CCn1c(CCCCCNC(=O)Cc2ccc(OC)cc2)nc2ccccc21. The molecule has 0 spiro atoms. The first kappa shape index (κ1) is 20.6. The standard InChI is InChI=1S/C24H29N3O2/c1-3-17-27-22-10-7-6-9-21(22)26-23(27)11-5-4-8-16-25-24(28)18-19-12-14-20(29-2)15-13-19/h3,6-7,9-10,12-15H,1,4-5,8,11,16-18H2,2H3,(H,25,28). The van der Waals surface area contributed by atoms with E-state index in [9.17, 15) is 4.79 Å². The second kappa shape index (κ2) is 10.5. The van der Waals surface area contributed by atoms with E-state index in [4.69, 9.17) is 9.72 Å². The van der Waals surface area contributed by atoms with Gasteiger partial charge in [0.1, 0.15) is 11.6 Å². The Labute approximate surface area is 172 Å². The van der Waals surface area contributed by atoms with Crippen molar-refractivity contribution in [3.05, 3.63) is 72.6 Å². The Morgan fingerprint density at radius 3 is 2.69 bits per heavy atom. The van der Waals surface area contributed by atoms with Crippen molar-refractivity contribution in [2.24, 2.45) is 0 Å². The van der Waals surface area contributed by atoms with Crippen LogP contribution in [-0.4, -0.2) is 29.1 Å². The van der Waals surface area contributed by atoms with Crippen molar-refractivity contribution >= 4 is 16.9 Å². The van der Waals surface area contributed by atoms with E-state index in [1.165, 1.54) is 0 Å². The van der Waals surface area contributed by atoms with Gasteiger partial charge in [-0.2, -0.15) is 0 Å². The Kier molecular flexibility index (Phi) is 7.45. The van der Waals surface area contributed by atoms with Gasteiger partial charge in [-0.3, -0.25) is 4.79 Å². The first-order chi connectivity index (χ1) is 14.2. The molecule has 2 aromatic carbocycles. The highest BCUT2D eigenvalue weighted by Gasteiger charge is 2.09. The number of carbonyl (C=O) groups is 1. The Hall–Kier alpha value is -3.08. The average molecular weight is 392 g/mol. The number of aromatic nitrogens is 2. The lowest BCUT2D eigenvalue weighted by molar-refractivity contribution is -0.120. The highest BCUT2D eigenvalue weighted by molar-refractivity contribution is 5.78. The van der Waals surface area contributed by atoms with Gasteiger partial charge in [-0.05, 0) is 42.7 Å². The van der Waals surface area contributed by atoms with Crippen molar-refractivity contribution in [2.45, 2.75) is 38.6 Å². The minimum absolute atomic E-state index is 0.0583. The Bertz CT molecular complexity index is 944. The number of para-hydroxylation sites is 2. The van der Waals surface area contributed by atoms with Crippen LogP contribution in [0.15, 0.2) is 61.2 Å². The number of benzene rings is 2. The van der Waals surface area contributed by atoms with Crippen molar-refractivity contribution in [1.29, 1.82) is 0 Å². The molecule has 3 rings (SSSR count). The molecule has 5 heteroatoms. The Balaban J connectivity index is 1.38. The molecule has 152 valence electrons. The van der Waals surface area contributed by atoms with Crippen LogP contribution in [0.1, 0.15) is 30.7 Å². The number of amides is 1. The number of carbonyl (C=O) groups excluding carboxylic acids is 1. The molecule has 0 saturated heterocycles. The van der Waals surface area contributed by atoms with Crippen molar-refractivity contribution in [1.82, 2.24) is 14.9 Å². The van der Waals surface area contributed by atoms with Crippen LogP contribution in [0, 0.1) is 0 Å². The lowest BCUT2D eigenvalue weighted by Gasteiger charge is -2.08. The van der Waals surface area contributed by atoms with Crippen LogP contribution in [0.25, 0.3) is 11.0 Å². The summed E-state index contributed by atoms with van der Waals surface area (Å²) in [6.45, 7) is 5.35. The zero-order valence-corrected chi connectivity index (χ0v) is 17.1. The largest absolute Gasteiger partial charge is 0.497 e. The molecule has 1 heterocycles. The number of methoxy groups -OCH3 is 1. The number of unbranched alkanes of at least 4 members (excludes halogenated alkanes) is 2. The minimum Gasteiger partial charge on any atom is -0.497 e. The van der Waals surface area contributed by atoms with Gasteiger partial charge in [-0.25, -0.2) is 4.98 Å². The lowest BCUT2D eigenvalue weighted by atomic mass is 10.1. The number of ether oxygens (including phenoxy) is 1. The molecule has 1 amide bonds. The van der Waals surface area contributed by atoms with Gasteiger partial charge < -0.3 is 14.6 Å². The van der Waals surface area contributed by atoms with Gasteiger partial charge in [0.05, 0.1) is 24.6 Å². The number of imidazole rings is 1. The van der Waals surface area contributed by atoms with Crippen LogP contribution in [0.5, 0.6) is 5.75 Å². The van der Waals surface area contributed by atoms with Gasteiger partial charge in [-0.15, -0.1) is 6.58 Å². The fourth-order valence-electron chi connectivity index (χ4n) is 3.45. The molecule has 0 unspecified atom stereocenters. The monoisotopic (exact) mass is 391 g/mol. The predicted molar refractivity (Wildman–Crippen MR) is 117 cm³/mol. The maximum Gasteiger partial charge on any atom is 0.224 e. The molecule has 1 N–H and O–H groups in total. The molecule has 0 radical (unpaired) electrons. The van der Waals surface area contributed by atoms with Crippen LogP contribution < -0.4 is 10.1 Å². The summed E-state index contributed by atoms with van der Waals surface area (Å²) >= 11 is 0. The van der Waals surface area contributed by atoms with Gasteiger partial charge in [0.2, 0.25) is 5.91 Å². The second-order valence-electron chi connectivity index (χ2n) is 7.10. The lowest BCUT2D eigenvalue weighted by Crippen LogP contribution is -2.26. The van der Waals surface area contributed by atoms with Crippen molar-refractivity contribution in [3.63, 3.8) is 0 Å². The van der Waals surface area contributed by atoms with Gasteiger partial charge in [0.25, 0.3) is 0 Å². The first-order valence-corrected chi connectivity index (χ1v) is 10.2. The Morgan fingerprint density at radius 2 is 1.93 bits per heavy atom. The van der Waals surface area contributed by atoms with Crippen LogP contribution in [0.2, 0.25) is 0 Å². The van der Waals surface area contributed by atoms with Gasteiger partial charge in [0.15, 0.2) is 0 Å². The summed E-state index contributed by atoms with van der Waals surface area (Å²) in [5.74, 6) is 1.97. The quantitative estimate of drug-likeness (QED) is 0.392. The van der Waals surface area contributed by atoms with E-state index in [1.807, 2.05) is 42.5 Å². The van der Waals surface area contributed by atoms with E-state index >= 15 is 0 Å². The van der Waals surface area contributed by atoms with E-state index in [-0.39, 0.29) is 5.91 Å². The minimum atomic E-state index is 0.0583. The van der Waals surface area contributed by atoms with Crippen molar-refractivity contribution in [3.8, 4) is 5.75 Å². The van der Waals surface area contributed by atoms with Gasteiger partial charge >= 0.3 is 0 Å². The molecule has 0 saturated carbocycles. The van der Waals surface area contributed by atoms with Crippen LogP contribution >= 0.6 is 0 Å². The van der Waals surface area contributed by atoms with Gasteiger partial charge in [-0.1, -0.05) is 36.8 Å². The van der Waals surface area contributed by atoms with Crippen molar-refractivity contribution in [2.75, 3.05) is 13.7 Å². The van der Waals surface area contributed by atoms with E-state index < -0.39 is 0 Å². The van der Waals surface area contributed by atoms with Crippen LogP contribution in [0.3, 0.4) is 0 Å². The molecule has 29 heavy (non-hydrogen) atoms.